The zero-order valence-electron chi connectivity index (χ0n) is 9.89. The lowest BCUT2D eigenvalue weighted by molar-refractivity contribution is -0.125. The zero-order chi connectivity index (χ0) is 12.4. The first-order chi connectivity index (χ1) is 8.06. The van der Waals surface area contributed by atoms with Gasteiger partial charge >= 0.3 is 0 Å². The fourth-order valence-electron chi connectivity index (χ4n) is 2.72. The molecule has 96 valence electrons. The van der Waals surface area contributed by atoms with E-state index in [1.54, 1.807) is 0 Å². The first kappa shape index (κ1) is 12.3. The number of carbonyl (C=O) groups excluding carboxylic acids is 2. The Labute approximate surface area is 101 Å². The highest BCUT2D eigenvalue weighted by molar-refractivity contribution is 5.79. The molecule has 0 aromatic carbocycles. The average molecular weight is 240 g/mol. The van der Waals surface area contributed by atoms with Crippen LogP contribution in [0.4, 0.5) is 0 Å². The largest absolute Gasteiger partial charge is 0.368 e. The second-order valence-electron chi connectivity index (χ2n) is 5.03. The van der Waals surface area contributed by atoms with E-state index in [-0.39, 0.29) is 5.91 Å². The van der Waals surface area contributed by atoms with E-state index in [4.69, 9.17) is 11.5 Å². The molecule has 0 aromatic rings. The van der Waals surface area contributed by atoms with Crippen LogP contribution in [0.15, 0.2) is 0 Å². The van der Waals surface area contributed by atoms with E-state index < -0.39 is 11.9 Å². The van der Waals surface area contributed by atoms with Gasteiger partial charge in [0, 0.05) is 32.1 Å². The molecule has 0 spiro atoms. The second kappa shape index (κ2) is 5.01. The lowest BCUT2D eigenvalue weighted by Crippen LogP contribution is -2.56. The third kappa shape index (κ3) is 2.95. The number of fused-ring (bicyclic) bond motifs is 1. The van der Waals surface area contributed by atoms with E-state index in [0.29, 0.717) is 24.9 Å². The summed E-state index contributed by atoms with van der Waals surface area (Å²) < 4.78 is 0. The molecule has 17 heavy (non-hydrogen) atoms. The van der Waals surface area contributed by atoms with Crippen LogP contribution < -0.4 is 16.8 Å². The van der Waals surface area contributed by atoms with E-state index in [9.17, 15) is 9.59 Å². The van der Waals surface area contributed by atoms with Gasteiger partial charge in [-0.05, 0) is 18.8 Å². The molecular formula is C11H20N4O2. The summed E-state index contributed by atoms with van der Waals surface area (Å²) in [5.41, 5.74) is 10.8. The zero-order valence-corrected chi connectivity index (χ0v) is 9.89. The number of nitrogens with two attached hydrogens (primary N) is 2. The molecule has 0 aliphatic carbocycles. The highest BCUT2D eigenvalue weighted by Crippen LogP contribution is 2.25. The molecule has 6 nitrogen and oxygen atoms in total. The number of nitrogens with one attached hydrogen (secondary N) is 1. The van der Waals surface area contributed by atoms with Gasteiger partial charge in [0.1, 0.15) is 0 Å². The summed E-state index contributed by atoms with van der Waals surface area (Å²) in [5, 5.41) is 3.03. The van der Waals surface area contributed by atoms with Crippen molar-refractivity contribution < 1.29 is 9.59 Å². The Hall–Kier alpha value is -1.14. The SMILES string of the molecule is NC(=O)C(N)CN1CCC2NC(=O)CCC2C1. The van der Waals surface area contributed by atoms with E-state index in [1.165, 1.54) is 0 Å². The fourth-order valence-corrected chi connectivity index (χ4v) is 2.72. The minimum absolute atomic E-state index is 0.161. The molecule has 3 atom stereocenters. The molecule has 2 saturated heterocycles. The van der Waals surface area contributed by atoms with E-state index in [0.717, 1.165) is 25.9 Å². The summed E-state index contributed by atoms with van der Waals surface area (Å²) in [6, 6.07) is -0.290. The van der Waals surface area contributed by atoms with Crippen LogP contribution in [0, 0.1) is 5.92 Å². The molecule has 3 unspecified atom stereocenters. The molecule has 0 radical (unpaired) electrons. The maximum Gasteiger partial charge on any atom is 0.235 e. The Morgan fingerprint density at radius 3 is 3.00 bits per heavy atom. The molecule has 0 aromatic heterocycles. The van der Waals surface area contributed by atoms with Crippen LogP contribution in [0.3, 0.4) is 0 Å². The van der Waals surface area contributed by atoms with Gasteiger partial charge in [-0.15, -0.1) is 0 Å². The summed E-state index contributed by atoms with van der Waals surface area (Å²) in [7, 11) is 0. The van der Waals surface area contributed by atoms with Gasteiger partial charge in [-0.1, -0.05) is 0 Å². The number of nitrogens with zero attached hydrogens (tertiary/aromatic N) is 1. The number of rotatable bonds is 3. The van der Waals surface area contributed by atoms with E-state index in [1.807, 2.05) is 0 Å². The Balaban J connectivity index is 1.85. The van der Waals surface area contributed by atoms with Crippen LogP contribution in [-0.2, 0) is 9.59 Å². The number of hydrogen-bond donors (Lipinski definition) is 3. The molecule has 2 heterocycles. The van der Waals surface area contributed by atoms with E-state index in [2.05, 4.69) is 10.2 Å². The molecule has 2 amide bonds. The summed E-state index contributed by atoms with van der Waals surface area (Å²) in [6.07, 6.45) is 2.47. The minimum atomic E-state index is -0.593. The van der Waals surface area contributed by atoms with Crippen LogP contribution in [0.25, 0.3) is 0 Å². The van der Waals surface area contributed by atoms with Crippen molar-refractivity contribution in [2.24, 2.45) is 17.4 Å². The lowest BCUT2D eigenvalue weighted by atomic mass is 9.85. The second-order valence-corrected chi connectivity index (χ2v) is 5.03. The van der Waals surface area contributed by atoms with Crippen molar-refractivity contribution in [1.29, 1.82) is 0 Å². The van der Waals surface area contributed by atoms with Crippen LogP contribution in [0.1, 0.15) is 19.3 Å². The standard InChI is InChI=1S/C11H20N4O2/c12-8(11(13)17)6-15-4-3-9-7(5-15)1-2-10(16)14-9/h7-9H,1-6,12H2,(H2,13,17)(H,14,16). The highest BCUT2D eigenvalue weighted by Gasteiger charge is 2.34. The highest BCUT2D eigenvalue weighted by atomic mass is 16.2. The van der Waals surface area contributed by atoms with Crippen LogP contribution in [-0.4, -0.2) is 48.4 Å². The molecule has 0 bridgehead atoms. The van der Waals surface area contributed by atoms with Crippen LogP contribution >= 0.6 is 0 Å². The number of hydrogen-bond acceptors (Lipinski definition) is 4. The Morgan fingerprint density at radius 2 is 2.29 bits per heavy atom. The van der Waals surface area contributed by atoms with Gasteiger partial charge in [0.05, 0.1) is 6.04 Å². The predicted octanol–water partition coefficient (Wildman–Crippen LogP) is -1.60. The summed E-state index contributed by atoms with van der Waals surface area (Å²) in [5.74, 6) is 0.194. The van der Waals surface area contributed by atoms with E-state index >= 15 is 0 Å². The van der Waals surface area contributed by atoms with Gasteiger partial charge in [-0.3, -0.25) is 9.59 Å². The number of carbonyl (C=O) groups is 2. The quantitative estimate of drug-likeness (QED) is 0.553. The van der Waals surface area contributed by atoms with Crippen molar-refractivity contribution in [3.05, 3.63) is 0 Å². The smallest absolute Gasteiger partial charge is 0.235 e. The summed E-state index contributed by atoms with van der Waals surface area (Å²) >= 11 is 0. The van der Waals surface area contributed by atoms with Crippen molar-refractivity contribution in [1.82, 2.24) is 10.2 Å². The lowest BCUT2D eigenvalue weighted by Gasteiger charge is -2.41. The van der Waals surface area contributed by atoms with Gasteiger partial charge in [0.25, 0.3) is 0 Å². The average Bonchev–Trinajstić information content (AvgIpc) is 2.29. The Kier molecular flexibility index (Phi) is 3.63. The number of piperidine rings is 2. The first-order valence-corrected chi connectivity index (χ1v) is 6.13. The Bertz CT molecular complexity index is 321. The van der Waals surface area contributed by atoms with Gasteiger partial charge in [-0.2, -0.15) is 0 Å². The molecule has 2 aliphatic heterocycles. The third-order valence-electron chi connectivity index (χ3n) is 3.73. The maximum atomic E-state index is 11.3. The normalized spacial score (nSPS) is 31.5. The van der Waals surface area contributed by atoms with Crippen molar-refractivity contribution in [2.75, 3.05) is 19.6 Å². The summed E-state index contributed by atoms with van der Waals surface area (Å²) in [4.78, 5) is 24.3. The van der Waals surface area contributed by atoms with Crippen LogP contribution in [0.2, 0.25) is 0 Å². The molecule has 0 saturated carbocycles. The van der Waals surface area contributed by atoms with Crippen molar-refractivity contribution >= 4 is 11.8 Å². The third-order valence-corrected chi connectivity index (χ3v) is 3.73. The number of amides is 2. The monoisotopic (exact) mass is 240 g/mol. The molecule has 6 heteroatoms. The first-order valence-electron chi connectivity index (χ1n) is 6.13. The number of likely N-dealkylation sites (tertiary alicyclic amines) is 1. The topological polar surface area (TPSA) is 101 Å². The maximum absolute atomic E-state index is 11.3. The molecule has 2 rings (SSSR count). The molecule has 2 fully saturated rings. The minimum Gasteiger partial charge on any atom is -0.368 e. The van der Waals surface area contributed by atoms with Gasteiger partial charge < -0.3 is 21.7 Å². The van der Waals surface area contributed by atoms with Crippen molar-refractivity contribution in [2.45, 2.75) is 31.3 Å². The molecular weight excluding hydrogens is 220 g/mol. The van der Waals surface area contributed by atoms with Crippen molar-refractivity contribution in [3.63, 3.8) is 0 Å². The molecule has 2 aliphatic rings. The number of primary amides is 1. The van der Waals surface area contributed by atoms with Gasteiger partial charge in [0.15, 0.2) is 0 Å². The van der Waals surface area contributed by atoms with Crippen molar-refractivity contribution in [3.8, 4) is 0 Å². The predicted molar refractivity (Wildman–Crippen MR) is 62.9 cm³/mol. The van der Waals surface area contributed by atoms with Gasteiger partial charge in [-0.25, -0.2) is 0 Å². The van der Waals surface area contributed by atoms with Crippen LogP contribution in [0.5, 0.6) is 0 Å². The van der Waals surface area contributed by atoms with Gasteiger partial charge in [0.2, 0.25) is 11.8 Å². The summed E-state index contributed by atoms with van der Waals surface area (Å²) in [6.45, 7) is 2.28. The molecule has 5 N–H and O–H groups in total. The fraction of sp³-hybridized carbons (Fsp3) is 0.818. The Morgan fingerprint density at radius 1 is 1.53 bits per heavy atom.